The van der Waals surface area contributed by atoms with Crippen molar-refractivity contribution >= 4 is 11.6 Å². The van der Waals surface area contributed by atoms with Gasteiger partial charge in [-0.3, -0.25) is 0 Å². The van der Waals surface area contributed by atoms with Gasteiger partial charge < -0.3 is 5.11 Å². The molecule has 0 aliphatic rings. The SMILES string of the molecule is Cc1cc(Cl)ccc1-c1nn(CC(O)C(C)(C)C)c(=O)n1-c1ccc(C(F)(F)F)cc1. The summed E-state index contributed by atoms with van der Waals surface area (Å²) in [4.78, 5) is 13.2. The fourth-order valence-electron chi connectivity index (χ4n) is 3.05. The predicted octanol–water partition coefficient (Wildman–Crippen LogP) is 5.09. The van der Waals surface area contributed by atoms with Crippen LogP contribution in [-0.4, -0.2) is 25.6 Å². The fraction of sp³-hybridized carbons (Fsp3) is 0.364. The van der Waals surface area contributed by atoms with Crippen LogP contribution in [-0.2, 0) is 12.7 Å². The summed E-state index contributed by atoms with van der Waals surface area (Å²) in [7, 11) is 0. The summed E-state index contributed by atoms with van der Waals surface area (Å²) in [6, 6.07) is 9.35. The molecule has 9 heteroatoms. The number of aliphatic hydroxyl groups excluding tert-OH is 1. The number of aliphatic hydroxyl groups is 1. The molecule has 166 valence electrons. The normalized spacial score (nSPS) is 13.5. The van der Waals surface area contributed by atoms with Gasteiger partial charge in [0, 0.05) is 10.6 Å². The number of aryl methyl sites for hydroxylation is 1. The smallest absolute Gasteiger partial charge is 0.391 e. The van der Waals surface area contributed by atoms with E-state index >= 15 is 0 Å². The Hall–Kier alpha value is -2.58. The van der Waals surface area contributed by atoms with Gasteiger partial charge in [0.2, 0.25) is 0 Å². The van der Waals surface area contributed by atoms with Crippen LogP contribution < -0.4 is 5.69 Å². The Morgan fingerprint density at radius 1 is 1.10 bits per heavy atom. The number of rotatable bonds is 4. The van der Waals surface area contributed by atoms with Gasteiger partial charge >= 0.3 is 11.9 Å². The Bertz CT molecular complexity index is 1140. The van der Waals surface area contributed by atoms with Crippen LogP contribution in [0.25, 0.3) is 17.1 Å². The third kappa shape index (κ3) is 4.85. The average Bonchev–Trinajstić information content (AvgIpc) is 2.96. The lowest BCUT2D eigenvalue weighted by molar-refractivity contribution is -0.137. The van der Waals surface area contributed by atoms with E-state index in [1.165, 1.54) is 16.7 Å². The molecule has 1 heterocycles. The zero-order valence-electron chi connectivity index (χ0n) is 17.5. The largest absolute Gasteiger partial charge is 0.416 e. The molecular weight excluding hydrogens is 431 g/mol. The zero-order chi connectivity index (χ0) is 23.1. The first-order chi connectivity index (χ1) is 14.3. The van der Waals surface area contributed by atoms with E-state index in [4.69, 9.17) is 11.6 Å². The maximum atomic E-state index is 13.2. The Kier molecular flexibility index (Phi) is 6.08. The van der Waals surface area contributed by atoms with E-state index in [0.717, 1.165) is 22.4 Å². The number of hydrogen-bond acceptors (Lipinski definition) is 3. The van der Waals surface area contributed by atoms with Gasteiger partial charge in [-0.15, -0.1) is 5.10 Å². The van der Waals surface area contributed by atoms with E-state index in [0.29, 0.717) is 10.6 Å². The Labute approximate surface area is 182 Å². The Morgan fingerprint density at radius 3 is 2.23 bits per heavy atom. The van der Waals surface area contributed by atoms with Crippen molar-refractivity contribution in [2.45, 2.75) is 46.5 Å². The molecule has 0 radical (unpaired) electrons. The Morgan fingerprint density at radius 2 is 1.71 bits per heavy atom. The van der Waals surface area contributed by atoms with Gasteiger partial charge in [0.1, 0.15) is 0 Å². The summed E-state index contributed by atoms with van der Waals surface area (Å²) < 4.78 is 41.3. The van der Waals surface area contributed by atoms with Crippen LogP contribution >= 0.6 is 11.6 Å². The van der Waals surface area contributed by atoms with Gasteiger partial charge in [0.05, 0.1) is 23.9 Å². The van der Waals surface area contributed by atoms with Gasteiger partial charge in [-0.05, 0) is 60.4 Å². The van der Waals surface area contributed by atoms with E-state index in [9.17, 15) is 23.1 Å². The molecule has 1 N–H and O–H groups in total. The molecule has 0 aliphatic heterocycles. The van der Waals surface area contributed by atoms with Gasteiger partial charge in [-0.1, -0.05) is 32.4 Å². The van der Waals surface area contributed by atoms with E-state index in [2.05, 4.69) is 5.10 Å². The van der Waals surface area contributed by atoms with Crippen molar-refractivity contribution in [3.05, 3.63) is 69.1 Å². The second kappa shape index (κ2) is 8.16. The highest BCUT2D eigenvalue weighted by molar-refractivity contribution is 6.30. The molecule has 1 unspecified atom stereocenters. The summed E-state index contributed by atoms with van der Waals surface area (Å²) in [6.45, 7) is 7.24. The van der Waals surface area contributed by atoms with Gasteiger partial charge in [-0.25, -0.2) is 14.0 Å². The molecule has 3 rings (SSSR count). The van der Waals surface area contributed by atoms with Crippen molar-refractivity contribution < 1.29 is 18.3 Å². The van der Waals surface area contributed by atoms with Crippen molar-refractivity contribution in [3.63, 3.8) is 0 Å². The lowest BCUT2D eigenvalue weighted by atomic mass is 9.89. The number of alkyl halides is 3. The van der Waals surface area contributed by atoms with Crippen LogP contribution in [0.4, 0.5) is 13.2 Å². The van der Waals surface area contributed by atoms with Gasteiger partial charge in [-0.2, -0.15) is 13.2 Å². The number of aromatic nitrogens is 3. The zero-order valence-corrected chi connectivity index (χ0v) is 18.3. The summed E-state index contributed by atoms with van der Waals surface area (Å²) in [5.74, 6) is 0.250. The number of benzene rings is 2. The van der Waals surface area contributed by atoms with Crippen molar-refractivity contribution in [1.29, 1.82) is 0 Å². The lowest BCUT2D eigenvalue weighted by Crippen LogP contribution is -2.35. The van der Waals surface area contributed by atoms with Crippen LogP contribution in [0.2, 0.25) is 5.02 Å². The minimum absolute atomic E-state index is 0.0599. The van der Waals surface area contributed by atoms with Crippen LogP contribution in [0.1, 0.15) is 31.9 Å². The molecule has 5 nitrogen and oxygen atoms in total. The maximum Gasteiger partial charge on any atom is 0.416 e. The molecule has 1 aromatic heterocycles. The third-order valence-corrected chi connectivity index (χ3v) is 5.30. The minimum Gasteiger partial charge on any atom is -0.391 e. The van der Waals surface area contributed by atoms with Gasteiger partial charge in [0.25, 0.3) is 0 Å². The molecule has 0 bridgehead atoms. The second-order valence-electron chi connectivity index (χ2n) is 8.51. The Balaban J connectivity index is 2.19. The molecule has 0 aliphatic carbocycles. The molecule has 2 aromatic carbocycles. The molecule has 1 atom stereocenters. The molecule has 0 amide bonds. The molecule has 0 fully saturated rings. The number of nitrogens with zero attached hydrogens (tertiary/aromatic N) is 3. The predicted molar refractivity (Wildman–Crippen MR) is 113 cm³/mol. The average molecular weight is 454 g/mol. The van der Waals surface area contributed by atoms with Crippen molar-refractivity contribution in [2.24, 2.45) is 5.41 Å². The highest BCUT2D eigenvalue weighted by Crippen LogP contribution is 2.31. The highest BCUT2D eigenvalue weighted by atomic mass is 35.5. The molecule has 31 heavy (non-hydrogen) atoms. The minimum atomic E-state index is -4.49. The quantitative estimate of drug-likeness (QED) is 0.598. The first-order valence-electron chi connectivity index (χ1n) is 9.61. The van der Waals surface area contributed by atoms with Crippen molar-refractivity contribution in [2.75, 3.05) is 0 Å². The van der Waals surface area contributed by atoms with Crippen molar-refractivity contribution in [1.82, 2.24) is 14.3 Å². The molecule has 0 spiro atoms. The lowest BCUT2D eigenvalue weighted by Gasteiger charge is -2.25. The topological polar surface area (TPSA) is 60.0 Å². The molecule has 3 aromatic rings. The summed E-state index contributed by atoms with van der Waals surface area (Å²) in [5.41, 5.74) is -0.289. The second-order valence-corrected chi connectivity index (χ2v) is 8.95. The summed E-state index contributed by atoms with van der Waals surface area (Å²) in [5, 5.41) is 15.4. The van der Waals surface area contributed by atoms with E-state index in [1.54, 1.807) is 25.1 Å². The highest BCUT2D eigenvalue weighted by Gasteiger charge is 2.31. The first kappa shape index (κ1) is 23.1. The molecule has 0 saturated carbocycles. The maximum absolute atomic E-state index is 13.2. The molecule has 0 saturated heterocycles. The van der Waals surface area contributed by atoms with Crippen LogP contribution in [0.3, 0.4) is 0 Å². The van der Waals surface area contributed by atoms with Crippen LogP contribution in [0, 0.1) is 12.3 Å². The first-order valence-corrected chi connectivity index (χ1v) is 9.99. The monoisotopic (exact) mass is 453 g/mol. The van der Waals surface area contributed by atoms with Crippen LogP contribution in [0.5, 0.6) is 0 Å². The van der Waals surface area contributed by atoms with Crippen molar-refractivity contribution in [3.8, 4) is 17.1 Å². The summed E-state index contributed by atoms with van der Waals surface area (Å²) >= 11 is 6.04. The fourth-order valence-corrected chi connectivity index (χ4v) is 3.28. The third-order valence-electron chi connectivity index (χ3n) is 5.07. The van der Waals surface area contributed by atoms with Crippen LogP contribution in [0.15, 0.2) is 47.3 Å². The standard InChI is InChI=1S/C22H23ClF3N3O2/c1-13-11-15(23)7-10-17(13)19-27-28(12-18(30)21(2,3)4)20(31)29(19)16-8-5-14(6-9-16)22(24,25)26/h5-11,18,30H,12H2,1-4H3. The van der Waals surface area contributed by atoms with E-state index in [-0.39, 0.29) is 18.1 Å². The van der Waals surface area contributed by atoms with Gasteiger partial charge in [0.15, 0.2) is 5.82 Å². The number of hydrogen-bond donors (Lipinski definition) is 1. The van der Waals surface area contributed by atoms with E-state index in [1.807, 2.05) is 20.8 Å². The van der Waals surface area contributed by atoms with E-state index < -0.39 is 28.9 Å². The molecular formula is C22H23ClF3N3O2. The number of halogens is 4. The summed E-state index contributed by atoms with van der Waals surface area (Å²) in [6.07, 6.45) is -5.35.